The van der Waals surface area contributed by atoms with Crippen molar-refractivity contribution in [2.45, 2.75) is 31.8 Å². The number of hydrogen-bond acceptors (Lipinski definition) is 3. The standard InChI is InChI=1S/C10H21N3/c1-2-13-7-10(8-13)12-9-3-5-11-6-4-9/h9-12H,2-8H2,1H3. The van der Waals surface area contributed by atoms with Gasteiger partial charge in [-0.2, -0.15) is 0 Å². The predicted octanol–water partition coefficient (Wildman–Crippen LogP) is 0.0321. The van der Waals surface area contributed by atoms with E-state index < -0.39 is 0 Å². The van der Waals surface area contributed by atoms with Crippen molar-refractivity contribution < 1.29 is 0 Å². The Kier molecular flexibility index (Phi) is 3.19. The summed E-state index contributed by atoms with van der Waals surface area (Å²) in [5.41, 5.74) is 0. The molecule has 0 saturated carbocycles. The normalized spacial score (nSPS) is 27.5. The number of nitrogens with one attached hydrogen (secondary N) is 2. The molecular formula is C10H21N3. The molecule has 2 N–H and O–H groups in total. The zero-order chi connectivity index (χ0) is 9.10. The van der Waals surface area contributed by atoms with E-state index in [1.54, 1.807) is 0 Å². The zero-order valence-corrected chi connectivity index (χ0v) is 8.55. The lowest BCUT2D eigenvalue weighted by Gasteiger charge is -2.41. The van der Waals surface area contributed by atoms with Crippen molar-refractivity contribution in [1.29, 1.82) is 0 Å². The average molecular weight is 183 g/mol. The summed E-state index contributed by atoms with van der Waals surface area (Å²) < 4.78 is 0. The second-order valence-corrected chi connectivity index (χ2v) is 4.24. The number of rotatable bonds is 3. The lowest BCUT2D eigenvalue weighted by molar-refractivity contribution is 0.120. The van der Waals surface area contributed by atoms with Crippen LogP contribution in [0, 0.1) is 0 Å². The minimum atomic E-state index is 0.781. The summed E-state index contributed by atoms with van der Waals surface area (Å²) in [7, 11) is 0. The Bertz CT molecular complexity index is 148. The van der Waals surface area contributed by atoms with Gasteiger partial charge in [-0.25, -0.2) is 0 Å². The average Bonchev–Trinajstić information content (AvgIpc) is 2.12. The second kappa shape index (κ2) is 4.40. The molecule has 0 aliphatic carbocycles. The van der Waals surface area contributed by atoms with Crippen molar-refractivity contribution in [2.75, 3.05) is 32.7 Å². The summed E-state index contributed by atoms with van der Waals surface area (Å²) in [4.78, 5) is 2.48. The van der Waals surface area contributed by atoms with Crippen LogP contribution in [0.15, 0.2) is 0 Å². The van der Waals surface area contributed by atoms with E-state index in [0.29, 0.717) is 0 Å². The van der Waals surface area contributed by atoms with Gasteiger partial charge in [-0.05, 0) is 32.5 Å². The molecule has 0 radical (unpaired) electrons. The van der Waals surface area contributed by atoms with Gasteiger partial charge in [0, 0.05) is 25.2 Å². The van der Waals surface area contributed by atoms with Crippen molar-refractivity contribution in [2.24, 2.45) is 0 Å². The smallest absolute Gasteiger partial charge is 0.0325 e. The number of likely N-dealkylation sites (N-methyl/N-ethyl adjacent to an activating group) is 1. The molecule has 2 heterocycles. The highest BCUT2D eigenvalue weighted by molar-refractivity contribution is 4.88. The molecule has 0 aromatic carbocycles. The molecule has 0 spiro atoms. The van der Waals surface area contributed by atoms with Gasteiger partial charge in [0.15, 0.2) is 0 Å². The predicted molar refractivity (Wildman–Crippen MR) is 54.9 cm³/mol. The van der Waals surface area contributed by atoms with Crippen molar-refractivity contribution in [3.63, 3.8) is 0 Å². The Morgan fingerprint density at radius 2 is 1.92 bits per heavy atom. The van der Waals surface area contributed by atoms with Crippen LogP contribution in [0.5, 0.6) is 0 Å². The molecule has 2 rings (SSSR count). The molecule has 2 aliphatic heterocycles. The molecule has 3 heteroatoms. The number of piperidine rings is 1. The third-order valence-corrected chi connectivity index (χ3v) is 3.21. The molecule has 76 valence electrons. The first-order valence-electron chi connectivity index (χ1n) is 5.57. The topological polar surface area (TPSA) is 27.3 Å². The Labute approximate surface area is 80.9 Å². The summed E-state index contributed by atoms with van der Waals surface area (Å²) in [5, 5.41) is 7.13. The number of hydrogen-bond donors (Lipinski definition) is 2. The Hall–Kier alpha value is -0.120. The third kappa shape index (κ3) is 2.42. The van der Waals surface area contributed by atoms with Crippen molar-refractivity contribution in [3.8, 4) is 0 Å². The molecule has 2 saturated heterocycles. The van der Waals surface area contributed by atoms with E-state index in [-0.39, 0.29) is 0 Å². The van der Waals surface area contributed by atoms with Crippen molar-refractivity contribution in [1.82, 2.24) is 15.5 Å². The fourth-order valence-corrected chi connectivity index (χ4v) is 2.26. The Balaban J connectivity index is 1.62. The van der Waals surface area contributed by atoms with E-state index in [9.17, 15) is 0 Å². The SMILES string of the molecule is CCN1CC(NC2CCNCC2)C1. The van der Waals surface area contributed by atoms with Crippen LogP contribution in [0.1, 0.15) is 19.8 Å². The van der Waals surface area contributed by atoms with Gasteiger partial charge >= 0.3 is 0 Å². The minimum absolute atomic E-state index is 0.781. The highest BCUT2D eigenvalue weighted by Crippen LogP contribution is 2.10. The van der Waals surface area contributed by atoms with E-state index in [1.165, 1.54) is 45.6 Å². The van der Waals surface area contributed by atoms with E-state index in [0.717, 1.165) is 12.1 Å². The monoisotopic (exact) mass is 183 g/mol. The lowest BCUT2D eigenvalue weighted by Crippen LogP contribution is -2.60. The van der Waals surface area contributed by atoms with Crippen LogP contribution in [0.25, 0.3) is 0 Å². The van der Waals surface area contributed by atoms with Gasteiger partial charge in [0.05, 0.1) is 0 Å². The summed E-state index contributed by atoms with van der Waals surface area (Å²) in [6.07, 6.45) is 2.62. The molecule has 0 atom stereocenters. The molecule has 0 aromatic rings. The van der Waals surface area contributed by atoms with E-state index in [2.05, 4.69) is 22.5 Å². The fraction of sp³-hybridized carbons (Fsp3) is 1.00. The van der Waals surface area contributed by atoms with Crippen LogP contribution in [-0.2, 0) is 0 Å². The van der Waals surface area contributed by atoms with Crippen molar-refractivity contribution in [3.05, 3.63) is 0 Å². The van der Waals surface area contributed by atoms with Gasteiger partial charge in [-0.15, -0.1) is 0 Å². The maximum absolute atomic E-state index is 3.74. The number of nitrogens with zero attached hydrogens (tertiary/aromatic N) is 1. The summed E-state index contributed by atoms with van der Waals surface area (Å²) >= 11 is 0. The fourth-order valence-electron chi connectivity index (χ4n) is 2.26. The first-order valence-corrected chi connectivity index (χ1v) is 5.57. The van der Waals surface area contributed by atoms with Gasteiger partial charge in [-0.3, -0.25) is 0 Å². The van der Waals surface area contributed by atoms with Gasteiger partial charge in [0.2, 0.25) is 0 Å². The first kappa shape index (κ1) is 9.44. The molecule has 2 fully saturated rings. The molecule has 3 nitrogen and oxygen atoms in total. The van der Waals surface area contributed by atoms with Crippen LogP contribution in [0.2, 0.25) is 0 Å². The Morgan fingerprint density at radius 1 is 1.23 bits per heavy atom. The second-order valence-electron chi connectivity index (χ2n) is 4.24. The summed E-state index contributed by atoms with van der Waals surface area (Å²) in [6.45, 7) is 8.37. The molecule has 0 bridgehead atoms. The molecular weight excluding hydrogens is 162 g/mol. The number of likely N-dealkylation sites (tertiary alicyclic amines) is 1. The summed E-state index contributed by atoms with van der Waals surface area (Å²) in [5.74, 6) is 0. The van der Waals surface area contributed by atoms with Crippen LogP contribution < -0.4 is 10.6 Å². The lowest BCUT2D eigenvalue weighted by atomic mass is 10.0. The maximum atomic E-state index is 3.74. The highest BCUT2D eigenvalue weighted by Gasteiger charge is 2.27. The largest absolute Gasteiger partial charge is 0.317 e. The molecule has 0 unspecified atom stereocenters. The quantitative estimate of drug-likeness (QED) is 0.646. The highest BCUT2D eigenvalue weighted by atomic mass is 15.2. The maximum Gasteiger partial charge on any atom is 0.0325 e. The zero-order valence-electron chi connectivity index (χ0n) is 8.55. The molecule has 0 amide bonds. The minimum Gasteiger partial charge on any atom is -0.317 e. The van der Waals surface area contributed by atoms with Crippen LogP contribution in [-0.4, -0.2) is 49.7 Å². The van der Waals surface area contributed by atoms with Gasteiger partial charge < -0.3 is 15.5 Å². The van der Waals surface area contributed by atoms with Gasteiger partial charge in [-0.1, -0.05) is 6.92 Å². The van der Waals surface area contributed by atoms with Crippen LogP contribution >= 0.6 is 0 Å². The van der Waals surface area contributed by atoms with Crippen LogP contribution in [0.3, 0.4) is 0 Å². The molecule has 13 heavy (non-hydrogen) atoms. The van der Waals surface area contributed by atoms with Gasteiger partial charge in [0.25, 0.3) is 0 Å². The summed E-state index contributed by atoms with van der Waals surface area (Å²) in [6, 6.07) is 1.56. The Morgan fingerprint density at radius 3 is 2.54 bits per heavy atom. The van der Waals surface area contributed by atoms with Crippen LogP contribution in [0.4, 0.5) is 0 Å². The van der Waals surface area contributed by atoms with Gasteiger partial charge in [0.1, 0.15) is 0 Å². The molecule has 0 aromatic heterocycles. The first-order chi connectivity index (χ1) is 6.38. The van der Waals surface area contributed by atoms with Crippen molar-refractivity contribution >= 4 is 0 Å². The third-order valence-electron chi connectivity index (χ3n) is 3.21. The van der Waals surface area contributed by atoms with E-state index in [1.807, 2.05) is 0 Å². The van der Waals surface area contributed by atoms with E-state index >= 15 is 0 Å². The van der Waals surface area contributed by atoms with E-state index in [4.69, 9.17) is 0 Å². The molecule has 2 aliphatic rings.